The van der Waals surface area contributed by atoms with Crippen molar-refractivity contribution in [3.05, 3.63) is 5.75 Å². The number of thioether (sulfide) groups is 1. The third-order valence-electron chi connectivity index (χ3n) is 4.16. The predicted molar refractivity (Wildman–Crippen MR) is 102 cm³/mol. The summed E-state index contributed by atoms with van der Waals surface area (Å²) in [5.41, 5.74) is 0. The lowest BCUT2D eigenvalue weighted by molar-refractivity contribution is 0.576. The van der Waals surface area contributed by atoms with Crippen LogP contribution < -0.4 is 0 Å². The van der Waals surface area contributed by atoms with E-state index >= 15 is 0 Å². The fourth-order valence-electron chi connectivity index (χ4n) is 2.67. The summed E-state index contributed by atoms with van der Waals surface area (Å²) in [7, 11) is 0. The summed E-state index contributed by atoms with van der Waals surface area (Å²) in [5, 5.41) is 0. The molecule has 127 valence electrons. The minimum atomic E-state index is 1.33. The number of hydrogen-bond donors (Lipinski definition) is 0. The SMILES string of the molecule is CCCCCCCCCC[CH]SCCCCCCCCC. The lowest BCUT2D eigenvalue weighted by Gasteiger charge is -2.03. The fraction of sp³-hybridized carbons (Fsp3) is 0.950. The Balaban J connectivity index is 2.90. The van der Waals surface area contributed by atoms with Gasteiger partial charge in [-0.25, -0.2) is 0 Å². The van der Waals surface area contributed by atoms with E-state index in [-0.39, 0.29) is 0 Å². The van der Waals surface area contributed by atoms with Crippen LogP contribution in [0.5, 0.6) is 0 Å². The maximum absolute atomic E-state index is 2.47. The van der Waals surface area contributed by atoms with E-state index < -0.39 is 0 Å². The van der Waals surface area contributed by atoms with Crippen molar-refractivity contribution in [3.8, 4) is 0 Å². The standard InChI is InChI=1S/C20H41S/c1-3-5-7-9-11-12-14-16-18-20-21-19-17-15-13-10-8-6-4-2/h20H,3-19H2,1-2H3. The molecule has 0 nitrogen and oxygen atoms in total. The van der Waals surface area contributed by atoms with Gasteiger partial charge in [0.15, 0.2) is 0 Å². The molecule has 0 aromatic carbocycles. The molecule has 0 aliphatic carbocycles. The monoisotopic (exact) mass is 313 g/mol. The molecule has 0 rings (SSSR count). The van der Waals surface area contributed by atoms with Crippen molar-refractivity contribution >= 4 is 11.8 Å². The Bertz CT molecular complexity index is 149. The van der Waals surface area contributed by atoms with Gasteiger partial charge in [0.05, 0.1) is 0 Å². The molecule has 0 aromatic rings. The molecule has 0 aliphatic rings. The molecule has 1 heteroatoms. The molecule has 0 aliphatic heterocycles. The van der Waals surface area contributed by atoms with Gasteiger partial charge in [0.2, 0.25) is 0 Å². The van der Waals surface area contributed by atoms with Gasteiger partial charge in [-0.1, -0.05) is 104 Å². The maximum atomic E-state index is 2.47. The highest BCUT2D eigenvalue weighted by Gasteiger charge is 1.94. The Hall–Kier alpha value is 0.350. The van der Waals surface area contributed by atoms with Crippen LogP contribution in [0, 0.1) is 5.75 Å². The minimum absolute atomic E-state index is 1.33. The molecular formula is C20H41S. The van der Waals surface area contributed by atoms with Crippen molar-refractivity contribution in [2.75, 3.05) is 5.75 Å². The van der Waals surface area contributed by atoms with E-state index in [2.05, 4.69) is 31.4 Å². The molecule has 0 fully saturated rings. The number of hydrogen-bond acceptors (Lipinski definition) is 1. The van der Waals surface area contributed by atoms with Gasteiger partial charge in [-0.3, -0.25) is 0 Å². The van der Waals surface area contributed by atoms with Gasteiger partial charge < -0.3 is 0 Å². The molecule has 0 atom stereocenters. The first kappa shape index (κ1) is 21.4. The first-order valence-electron chi connectivity index (χ1n) is 9.85. The summed E-state index contributed by atoms with van der Waals surface area (Å²) in [6.45, 7) is 4.58. The van der Waals surface area contributed by atoms with Crippen LogP contribution in [0.15, 0.2) is 0 Å². The summed E-state index contributed by atoms with van der Waals surface area (Å²) >= 11 is 2.07. The topological polar surface area (TPSA) is 0 Å². The van der Waals surface area contributed by atoms with Gasteiger partial charge in [0, 0.05) is 5.75 Å². The van der Waals surface area contributed by atoms with Gasteiger partial charge in [-0.15, -0.1) is 0 Å². The highest BCUT2D eigenvalue weighted by molar-refractivity contribution is 8.01. The van der Waals surface area contributed by atoms with Gasteiger partial charge in [0.1, 0.15) is 0 Å². The Morgan fingerprint density at radius 3 is 1.48 bits per heavy atom. The summed E-state index contributed by atoms with van der Waals surface area (Å²) in [5.74, 6) is 3.82. The van der Waals surface area contributed by atoms with E-state index in [0.29, 0.717) is 0 Å². The lowest BCUT2D eigenvalue weighted by Crippen LogP contribution is -1.84. The maximum Gasteiger partial charge on any atom is 0.0166 e. The molecule has 0 unspecified atom stereocenters. The molecular weight excluding hydrogens is 272 g/mol. The molecule has 1 radical (unpaired) electrons. The van der Waals surface area contributed by atoms with Crippen LogP contribution in [0.3, 0.4) is 0 Å². The predicted octanol–water partition coefficient (Wildman–Crippen LogP) is 8.16. The second-order valence-electron chi connectivity index (χ2n) is 6.42. The molecule has 0 amide bonds. The first-order chi connectivity index (χ1) is 10.4. The second-order valence-corrected chi connectivity index (χ2v) is 7.50. The van der Waals surface area contributed by atoms with Crippen LogP contribution in [0.2, 0.25) is 0 Å². The molecule has 0 saturated carbocycles. The van der Waals surface area contributed by atoms with Crippen LogP contribution in [-0.2, 0) is 0 Å². The Kier molecular flexibility index (Phi) is 20.7. The average Bonchev–Trinajstić information content (AvgIpc) is 2.50. The van der Waals surface area contributed by atoms with Gasteiger partial charge in [0.25, 0.3) is 0 Å². The van der Waals surface area contributed by atoms with E-state index in [1.54, 1.807) is 0 Å². The van der Waals surface area contributed by atoms with E-state index in [0.717, 1.165) is 0 Å². The quantitative estimate of drug-likeness (QED) is 0.230. The van der Waals surface area contributed by atoms with Crippen LogP contribution in [0.4, 0.5) is 0 Å². The van der Waals surface area contributed by atoms with Gasteiger partial charge >= 0.3 is 0 Å². The third-order valence-corrected chi connectivity index (χ3v) is 5.15. The number of unbranched alkanes of at least 4 members (excludes halogenated alkanes) is 14. The molecule has 0 spiro atoms. The van der Waals surface area contributed by atoms with E-state index in [1.807, 2.05) is 0 Å². The Morgan fingerprint density at radius 2 is 0.952 bits per heavy atom. The number of rotatable bonds is 18. The van der Waals surface area contributed by atoms with E-state index in [4.69, 9.17) is 0 Å². The Labute approximate surface area is 140 Å². The second kappa shape index (κ2) is 20.3. The summed E-state index contributed by atoms with van der Waals surface area (Å²) in [6, 6.07) is 0. The molecule has 0 N–H and O–H groups in total. The van der Waals surface area contributed by atoms with Crippen molar-refractivity contribution in [3.63, 3.8) is 0 Å². The van der Waals surface area contributed by atoms with Crippen molar-refractivity contribution in [2.45, 2.75) is 117 Å². The van der Waals surface area contributed by atoms with Crippen LogP contribution in [0.25, 0.3) is 0 Å². The van der Waals surface area contributed by atoms with E-state index in [9.17, 15) is 0 Å². The summed E-state index contributed by atoms with van der Waals surface area (Å²) < 4.78 is 0. The van der Waals surface area contributed by atoms with Crippen LogP contribution in [0.1, 0.15) is 117 Å². The van der Waals surface area contributed by atoms with Crippen LogP contribution in [-0.4, -0.2) is 5.75 Å². The third kappa shape index (κ3) is 20.4. The first-order valence-corrected chi connectivity index (χ1v) is 10.9. The molecule has 0 saturated heterocycles. The highest BCUT2D eigenvalue weighted by Crippen LogP contribution is 2.17. The highest BCUT2D eigenvalue weighted by atomic mass is 32.2. The summed E-state index contributed by atoms with van der Waals surface area (Å²) in [4.78, 5) is 0. The van der Waals surface area contributed by atoms with E-state index in [1.165, 1.54) is 108 Å². The molecule has 0 aromatic heterocycles. The molecule has 21 heavy (non-hydrogen) atoms. The fourth-order valence-corrected chi connectivity index (χ4v) is 3.54. The largest absolute Gasteiger partial charge is 0.157 e. The van der Waals surface area contributed by atoms with Gasteiger partial charge in [-0.2, -0.15) is 11.8 Å². The zero-order chi connectivity index (χ0) is 15.4. The van der Waals surface area contributed by atoms with Crippen molar-refractivity contribution in [1.82, 2.24) is 0 Å². The zero-order valence-electron chi connectivity index (χ0n) is 15.0. The lowest BCUT2D eigenvalue weighted by atomic mass is 10.1. The summed E-state index contributed by atoms with van der Waals surface area (Å²) in [6.07, 6.45) is 22.9. The molecule has 0 bridgehead atoms. The normalized spacial score (nSPS) is 11.1. The van der Waals surface area contributed by atoms with Crippen molar-refractivity contribution in [2.24, 2.45) is 0 Å². The Morgan fingerprint density at radius 1 is 0.524 bits per heavy atom. The van der Waals surface area contributed by atoms with Crippen molar-refractivity contribution in [1.29, 1.82) is 0 Å². The average molecular weight is 314 g/mol. The minimum Gasteiger partial charge on any atom is -0.157 e. The van der Waals surface area contributed by atoms with Crippen molar-refractivity contribution < 1.29 is 0 Å². The van der Waals surface area contributed by atoms with Gasteiger partial charge in [-0.05, 0) is 18.6 Å². The smallest absolute Gasteiger partial charge is 0.0166 e. The molecule has 0 heterocycles. The zero-order valence-corrected chi connectivity index (χ0v) is 15.8. The van der Waals surface area contributed by atoms with Crippen LogP contribution >= 0.6 is 11.8 Å².